The van der Waals surface area contributed by atoms with Crippen molar-refractivity contribution in [1.82, 2.24) is 14.6 Å². The zero-order valence-electron chi connectivity index (χ0n) is 19.6. The third-order valence-electron chi connectivity index (χ3n) is 5.83. The maximum Gasteiger partial charge on any atom is 0.498 e. The second-order valence-electron chi connectivity index (χ2n) is 8.31. The molecule has 0 radical (unpaired) electrons. The van der Waals surface area contributed by atoms with E-state index in [1.807, 2.05) is 47.6 Å². The molecule has 1 aliphatic heterocycles. The molecule has 0 N–H and O–H groups in total. The molecule has 0 atom stereocenters. The van der Waals surface area contributed by atoms with Crippen LogP contribution in [0.15, 0.2) is 42.9 Å². The molecule has 3 aromatic rings. The lowest BCUT2D eigenvalue weighted by atomic mass is 9.80. The number of nitriles is 1. The predicted molar refractivity (Wildman–Crippen MR) is 124 cm³/mol. The fourth-order valence-electron chi connectivity index (χ4n) is 3.23. The summed E-state index contributed by atoms with van der Waals surface area (Å²) in [6.07, 6.45) is 4.88. The predicted octanol–water partition coefficient (Wildman–Crippen LogP) is 3.20. The van der Waals surface area contributed by atoms with E-state index in [1.54, 1.807) is 48.2 Å². The average Bonchev–Trinajstić information content (AvgIpc) is 3.30. The Morgan fingerprint density at radius 2 is 1.78 bits per heavy atom. The normalized spacial score (nSPS) is 16.2. The number of anilines is 1. The van der Waals surface area contributed by atoms with Crippen LogP contribution in [-0.2, 0) is 9.31 Å². The molecule has 166 valence electrons. The monoisotopic (exact) mass is 433 g/mol. The summed E-state index contributed by atoms with van der Waals surface area (Å²) in [5.41, 5.74) is 1.48. The second-order valence-corrected chi connectivity index (χ2v) is 8.31. The first-order valence-electron chi connectivity index (χ1n) is 10.6. The molecule has 4 heterocycles. The van der Waals surface area contributed by atoms with Crippen LogP contribution in [0.4, 0.5) is 5.82 Å². The van der Waals surface area contributed by atoms with Crippen LogP contribution in [0.2, 0.25) is 0 Å². The van der Waals surface area contributed by atoms with Crippen molar-refractivity contribution in [3.8, 4) is 6.07 Å². The number of fused-ring (bicyclic) bond motifs is 1. The van der Waals surface area contributed by atoms with E-state index in [9.17, 15) is 4.79 Å². The van der Waals surface area contributed by atoms with E-state index >= 15 is 0 Å². The molecule has 0 saturated carbocycles. The number of nitrogens with zero attached hydrogens (tertiary/aromatic N) is 5. The van der Waals surface area contributed by atoms with Gasteiger partial charge in [-0.15, -0.1) is 0 Å². The molecule has 8 nitrogen and oxygen atoms in total. The lowest BCUT2D eigenvalue weighted by Gasteiger charge is -2.32. The van der Waals surface area contributed by atoms with Gasteiger partial charge >= 0.3 is 7.12 Å². The molecule has 9 heteroatoms. The summed E-state index contributed by atoms with van der Waals surface area (Å²) >= 11 is 0. The van der Waals surface area contributed by atoms with Gasteiger partial charge in [0.25, 0.3) is 5.91 Å². The van der Waals surface area contributed by atoms with E-state index in [4.69, 9.17) is 14.6 Å². The van der Waals surface area contributed by atoms with Crippen LogP contribution in [0.3, 0.4) is 0 Å². The fraction of sp³-hybridized carbons (Fsp3) is 0.391. The summed E-state index contributed by atoms with van der Waals surface area (Å²) in [6, 6.07) is 8.76. The molecule has 0 unspecified atom stereocenters. The summed E-state index contributed by atoms with van der Waals surface area (Å²) in [6.45, 7) is 12.0. The summed E-state index contributed by atoms with van der Waals surface area (Å²) < 4.78 is 14.0. The van der Waals surface area contributed by atoms with Gasteiger partial charge in [0.05, 0.1) is 22.3 Å². The maximum absolute atomic E-state index is 13.0. The smallest absolute Gasteiger partial charge is 0.399 e. The van der Waals surface area contributed by atoms with Gasteiger partial charge in [-0.05, 0) is 52.0 Å². The Labute approximate surface area is 188 Å². The number of carbonyl (C=O) groups is 1. The number of hydrogen-bond donors (Lipinski definition) is 0. The number of carbonyl (C=O) groups excluding carboxylic acids is 1. The number of hydrogen-bond acceptors (Lipinski definition) is 6. The van der Waals surface area contributed by atoms with Crippen LogP contribution in [0.25, 0.3) is 5.52 Å². The Morgan fingerprint density at radius 3 is 2.34 bits per heavy atom. The van der Waals surface area contributed by atoms with E-state index in [-0.39, 0.29) is 5.91 Å². The van der Waals surface area contributed by atoms with Gasteiger partial charge in [0, 0.05) is 36.7 Å². The number of pyridine rings is 2. The third-order valence-corrected chi connectivity index (χ3v) is 5.83. The van der Waals surface area contributed by atoms with Crippen molar-refractivity contribution in [2.75, 3.05) is 11.9 Å². The molecule has 0 spiro atoms. The Bertz CT molecular complexity index is 1150. The Morgan fingerprint density at radius 1 is 1.12 bits per heavy atom. The molecule has 1 aliphatic rings. The van der Waals surface area contributed by atoms with Crippen molar-refractivity contribution in [1.29, 1.82) is 5.26 Å². The summed E-state index contributed by atoms with van der Waals surface area (Å²) in [7, 11) is 1.07. The van der Waals surface area contributed by atoms with Crippen molar-refractivity contribution in [2.24, 2.45) is 0 Å². The van der Waals surface area contributed by atoms with Crippen molar-refractivity contribution in [3.05, 3.63) is 54.0 Å². The first-order chi connectivity index (χ1) is 15.1. The van der Waals surface area contributed by atoms with Crippen LogP contribution in [0.1, 0.15) is 57.5 Å². The highest BCUT2D eigenvalue weighted by Gasteiger charge is 2.52. The Balaban J connectivity index is 0.00000141. The molecule has 0 aromatic carbocycles. The lowest BCUT2D eigenvalue weighted by molar-refractivity contribution is 0.00578. The van der Waals surface area contributed by atoms with Gasteiger partial charge in [0.2, 0.25) is 0 Å². The minimum absolute atomic E-state index is 0.226. The molecule has 1 saturated heterocycles. The van der Waals surface area contributed by atoms with Crippen LogP contribution >= 0.6 is 0 Å². The maximum atomic E-state index is 13.0. The second kappa shape index (κ2) is 8.73. The molecule has 4 rings (SSSR count). The zero-order valence-corrected chi connectivity index (χ0v) is 19.6. The van der Waals surface area contributed by atoms with Crippen molar-refractivity contribution in [2.45, 2.75) is 52.7 Å². The topological polar surface area (TPSA) is 92.8 Å². The van der Waals surface area contributed by atoms with Crippen LogP contribution < -0.4 is 10.4 Å². The molecular weight excluding hydrogens is 405 g/mol. The highest BCUT2D eigenvalue weighted by molar-refractivity contribution is 6.64. The van der Waals surface area contributed by atoms with Crippen LogP contribution in [-0.4, -0.2) is 45.9 Å². The first-order valence-corrected chi connectivity index (χ1v) is 10.6. The van der Waals surface area contributed by atoms with Crippen molar-refractivity contribution < 1.29 is 14.1 Å². The number of aromatic nitrogens is 3. The van der Waals surface area contributed by atoms with E-state index in [0.717, 1.165) is 11.0 Å². The molecule has 0 aliphatic carbocycles. The third kappa shape index (κ3) is 4.11. The Hall–Kier alpha value is -3.22. The summed E-state index contributed by atoms with van der Waals surface area (Å²) in [5.74, 6) is 0.231. The van der Waals surface area contributed by atoms with Gasteiger partial charge in [-0.2, -0.15) is 10.4 Å². The van der Waals surface area contributed by atoms with Gasteiger partial charge in [-0.1, -0.05) is 13.8 Å². The van der Waals surface area contributed by atoms with Crippen LogP contribution in [0.5, 0.6) is 0 Å². The molecule has 0 bridgehead atoms. The van der Waals surface area contributed by atoms with Gasteiger partial charge < -0.3 is 9.31 Å². The molecule has 1 fully saturated rings. The standard InChI is InChI=1S/C21H22BN5O3.C2H6/c1-20(2)21(3,4)30-22(29-20)16-13-25-27-9-8-15(10-17(16)27)19(28)26(5)18-7-6-14(11-23)12-24-18;1-2/h6-10,12-13H,1-5H3;1-2H3. The minimum atomic E-state index is -0.573. The van der Waals surface area contributed by atoms with E-state index in [1.165, 1.54) is 11.1 Å². The minimum Gasteiger partial charge on any atom is -0.399 e. The van der Waals surface area contributed by atoms with Gasteiger partial charge in [-0.25, -0.2) is 9.50 Å². The largest absolute Gasteiger partial charge is 0.498 e. The number of amides is 1. The SMILES string of the molecule is CC.CN(C(=O)c1ccn2ncc(B3OC(C)(C)C(C)(C)O3)c2c1)c1ccc(C#N)cn1. The van der Waals surface area contributed by atoms with E-state index in [0.29, 0.717) is 16.9 Å². The highest BCUT2D eigenvalue weighted by Crippen LogP contribution is 2.36. The van der Waals surface area contributed by atoms with E-state index in [2.05, 4.69) is 10.1 Å². The molecular formula is C23H28BN5O3. The zero-order chi connectivity index (χ0) is 23.7. The molecule has 3 aromatic heterocycles. The van der Waals surface area contributed by atoms with Crippen molar-refractivity contribution >= 4 is 29.8 Å². The Kier molecular flexibility index (Phi) is 6.40. The van der Waals surface area contributed by atoms with Gasteiger partial charge in [-0.3, -0.25) is 9.69 Å². The highest BCUT2D eigenvalue weighted by atomic mass is 16.7. The number of rotatable bonds is 3. The summed E-state index contributed by atoms with van der Waals surface area (Å²) in [5, 5.41) is 13.3. The lowest BCUT2D eigenvalue weighted by Crippen LogP contribution is -2.41. The van der Waals surface area contributed by atoms with E-state index < -0.39 is 18.3 Å². The molecule has 32 heavy (non-hydrogen) atoms. The summed E-state index contributed by atoms with van der Waals surface area (Å²) in [4.78, 5) is 18.7. The first kappa shape index (κ1) is 23.4. The quantitative estimate of drug-likeness (QED) is 0.589. The molecule has 1 amide bonds. The average molecular weight is 433 g/mol. The van der Waals surface area contributed by atoms with Gasteiger partial charge in [0.15, 0.2) is 0 Å². The van der Waals surface area contributed by atoms with Crippen LogP contribution in [0, 0.1) is 11.3 Å². The fourth-order valence-corrected chi connectivity index (χ4v) is 3.23. The van der Waals surface area contributed by atoms with Gasteiger partial charge in [0.1, 0.15) is 11.9 Å². The van der Waals surface area contributed by atoms with Crippen molar-refractivity contribution in [3.63, 3.8) is 0 Å².